The van der Waals surface area contributed by atoms with Crippen LogP contribution in [0.4, 0.5) is 0 Å². The molecule has 263 valence electrons. The number of carbonyl (C=O) groups is 1. The Balaban J connectivity index is 0.000000301. The standard InChI is InChI=1S/C29H22N3S2.C13H24O2.Ir/c1-29(2,3)23-16-21(15-19-11-7-8-12-22(19)23)24-17-20(13-14-30-24)26-32-28-27(34-26)31-25(33-28)18-9-5-4-6-10-18;1-5-10(6-2)12(14)9-13(15)11(7-3)8-4;/h4-14,16-17H,1-3H3;9-11,14H,5-8H2,1-4H3;/q-1;;/b;12-9-;. The molecule has 0 bridgehead atoms. The monoisotopic (exact) mass is 881 g/mol. The van der Waals surface area contributed by atoms with Crippen LogP contribution in [0, 0.1) is 17.9 Å². The largest absolute Gasteiger partial charge is 0.512 e. The summed E-state index contributed by atoms with van der Waals surface area (Å²) < 4.78 is 0. The van der Waals surface area contributed by atoms with Crippen molar-refractivity contribution in [2.24, 2.45) is 11.8 Å². The number of carbonyl (C=O) groups excluding carboxylic acids is 1. The number of hydrogen-bond acceptors (Lipinski definition) is 7. The number of nitrogens with zero attached hydrogens (tertiary/aromatic N) is 3. The van der Waals surface area contributed by atoms with E-state index in [0.717, 1.165) is 73.1 Å². The molecule has 0 spiro atoms. The van der Waals surface area contributed by atoms with E-state index in [1.54, 1.807) is 22.7 Å². The Labute approximate surface area is 318 Å². The molecule has 0 unspecified atom stereocenters. The first-order chi connectivity index (χ1) is 23.6. The fraction of sp³-hybridized carbons (Fsp3) is 0.333. The molecule has 8 heteroatoms. The van der Waals surface area contributed by atoms with Gasteiger partial charge in [-0.1, -0.05) is 137 Å². The minimum absolute atomic E-state index is 0. The second-order valence-electron chi connectivity index (χ2n) is 13.3. The summed E-state index contributed by atoms with van der Waals surface area (Å²) in [5.74, 6) is 0.547. The van der Waals surface area contributed by atoms with Gasteiger partial charge in [0.15, 0.2) is 15.4 Å². The first-order valence-corrected chi connectivity index (χ1v) is 18.9. The van der Waals surface area contributed by atoms with E-state index in [1.807, 2.05) is 58.2 Å². The molecule has 6 rings (SSSR count). The Morgan fingerprint density at radius 3 is 1.98 bits per heavy atom. The molecular weight excluding hydrogens is 835 g/mol. The van der Waals surface area contributed by atoms with Gasteiger partial charge in [-0.05, 0) is 37.2 Å². The molecule has 0 fully saturated rings. The molecule has 1 radical (unpaired) electrons. The Morgan fingerprint density at radius 1 is 0.800 bits per heavy atom. The SMILES string of the molecule is CC(C)(C)c1cc(-c2cc(-c3nc4sc(-c5ccccc5)nc4s3)ccn2)[c-]c2ccccc12.CCC(CC)C(=O)/C=C(\O)C(CC)CC.[Ir]. The number of aliphatic hydroxyl groups excluding tert-OH is 1. The summed E-state index contributed by atoms with van der Waals surface area (Å²) in [5.41, 5.74) is 5.42. The van der Waals surface area contributed by atoms with Gasteiger partial charge in [-0.25, -0.2) is 9.97 Å². The van der Waals surface area contributed by atoms with Crippen LogP contribution < -0.4 is 0 Å². The molecule has 0 aliphatic rings. The molecule has 1 N–H and O–H groups in total. The summed E-state index contributed by atoms with van der Waals surface area (Å²) >= 11 is 3.27. The van der Waals surface area contributed by atoms with Crippen LogP contribution in [0.25, 0.3) is 52.8 Å². The molecule has 0 saturated carbocycles. The average Bonchev–Trinajstić information content (AvgIpc) is 3.69. The van der Waals surface area contributed by atoms with Gasteiger partial charge < -0.3 is 5.11 Å². The van der Waals surface area contributed by atoms with Crippen molar-refractivity contribution in [2.75, 3.05) is 0 Å². The van der Waals surface area contributed by atoms with Crippen LogP contribution >= 0.6 is 22.7 Å². The van der Waals surface area contributed by atoms with Gasteiger partial charge in [-0.3, -0.25) is 9.78 Å². The van der Waals surface area contributed by atoms with Crippen LogP contribution in [0.5, 0.6) is 0 Å². The summed E-state index contributed by atoms with van der Waals surface area (Å²) in [6.07, 6.45) is 6.77. The van der Waals surface area contributed by atoms with E-state index >= 15 is 0 Å². The van der Waals surface area contributed by atoms with E-state index in [0.29, 0.717) is 0 Å². The number of hydrogen-bond donors (Lipinski definition) is 1. The van der Waals surface area contributed by atoms with Gasteiger partial charge in [-0.15, -0.1) is 29.1 Å². The first kappa shape index (κ1) is 39.2. The summed E-state index contributed by atoms with van der Waals surface area (Å²) in [6.45, 7) is 14.8. The molecule has 3 aromatic heterocycles. The maximum atomic E-state index is 11.7. The number of aliphatic hydroxyl groups is 1. The minimum atomic E-state index is 0. The first-order valence-electron chi connectivity index (χ1n) is 17.3. The Bertz CT molecular complexity index is 2020. The quantitative estimate of drug-likeness (QED) is 0.0843. The maximum Gasteiger partial charge on any atom is 0.162 e. The number of allylic oxidation sites excluding steroid dienone is 2. The minimum Gasteiger partial charge on any atom is -0.512 e. The molecule has 0 saturated heterocycles. The van der Waals surface area contributed by atoms with Crippen molar-refractivity contribution in [3.8, 4) is 32.4 Å². The maximum absolute atomic E-state index is 11.7. The topological polar surface area (TPSA) is 76.0 Å². The Kier molecular flexibility index (Phi) is 13.8. The van der Waals surface area contributed by atoms with E-state index in [-0.39, 0.29) is 48.9 Å². The van der Waals surface area contributed by atoms with Gasteiger partial charge >= 0.3 is 0 Å². The molecule has 0 aliphatic heterocycles. The number of rotatable bonds is 10. The molecule has 0 amide bonds. The van der Waals surface area contributed by atoms with Crippen molar-refractivity contribution in [1.29, 1.82) is 0 Å². The predicted octanol–water partition coefficient (Wildman–Crippen LogP) is 12.3. The second kappa shape index (κ2) is 17.6. The van der Waals surface area contributed by atoms with Gasteiger partial charge in [0.1, 0.15) is 10.0 Å². The smallest absolute Gasteiger partial charge is 0.162 e. The molecule has 5 nitrogen and oxygen atoms in total. The van der Waals surface area contributed by atoms with E-state index in [1.165, 1.54) is 17.0 Å². The van der Waals surface area contributed by atoms with E-state index in [2.05, 4.69) is 75.4 Å². The summed E-state index contributed by atoms with van der Waals surface area (Å²) in [5, 5.41) is 14.1. The summed E-state index contributed by atoms with van der Waals surface area (Å²) in [6, 6.07) is 28.7. The van der Waals surface area contributed by atoms with E-state index in [4.69, 9.17) is 15.0 Å². The summed E-state index contributed by atoms with van der Waals surface area (Å²) in [4.78, 5) is 28.1. The van der Waals surface area contributed by atoms with Gasteiger partial charge in [0.2, 0.25) is 0 Å². The van der Waals surface area contributed by atoms with Crippen molar-refractivity contribution < 1.29 is 30.0 Å². The van der Waals surface area contributed by atoms with Crippen LogP contribution in [-0.4, -0.2) is 25.8 Å². The fourth-order valence-electron chi connectivity index (χ4n) is 5.95. The van der Waals surface area contributed by atoms with E-state index < -0.39 is 0 Å². The van der Waals surface area contributed by atoms with Gasteiger partial charge in [0, 0.05) is 61.0 Å². The number of ketones is 1. The third-order valence-corrected chi connectivity index (χ3v) is 11.1. The normalized spacial score (nSPS) is 11.9. The molecular formula is C42H46IrN3O2S2-. The van der Waals surface area contributed by atoms with Crippen LogP contribution in [0.3, 0.4) is 0 Å². The molecule has 50 heavy (non-hydrogen) atoms. The molecule has 3 heterocycles. The van der Waals surface area contributed by atoms with Gasteiger partial charge in [0.05, 0.1) is 5.76 Å². The van der Waals surface area contributed by atoms with Crippen molar-refractivity contribution in [1.82, 2.24) is 15.0 Å². The Morgan fingerprint density at radius 2 is 1.38 bits per heavy atom. The fourth-order valence-corrected chi connectivity index (χ4v) is 7.99. The van der Waals surface area contributed by atoms with Crippen LogP contribution in [-0.2, 0) is 30.3 Å². The Hall–Kier alpha value is -3.55. The number of thiazole rings is 2. The number of pyridine rings is 1. The van der Waals surface area contributed by atoms with Crippen LogP contribution in [0.1, 0.15) is 79.7 Å². The number of aromatic nitrogens is 3. The van der Waals surface area contributed by atoms with Crippen molar-refractivity contribution in [3.63, 3.8) is 0 Å². The average molecular weight is 881 g/mol. The van der Waals surface area contributed by atoms with Crippen molar-refractivity contribution in [2.45, 2.75) is 79.6 Å². The van der Waals surface area contributed by atoms with Gasteiger partial charge in [-0.2, -0.15) is 0 Å². The molecule has 0 aliphatic carbocycles. The third-order valence-electron chi connectivity index (χ3n) is 8.94. The van der Waals surface area contributed by atoms with E-state index in [9.17, 15) is 9.90 Å². The molecule has 6 aromatic rings. The second-order valence-corrected chi connectivity index (χ2v) is 15.3. The van der Waals surface area contributed by atoms with Crippen LogP contribution in [0.15, 0.2) is 90.8 Å². The molecule has 0 atom stereocenters. The molecule has 3 aromatic carbocycles. The number of fused-ring (bicyclic) bond motifs is 2. The zero-order chi connectivity index (χ0) is 35.1. The zero-order valence-corrected chi connectivity index (χ0v) is 33.9. The van der Waals surface area contributed by atoms with Crippen LogP contribution in [0.2, 0.25) is 0 Å². The van der Waals surface area contributed by atoms with Crippen molar-refractivity contribution >= 4 is 48.9 Å². The third kappa shape index (κ3) is 9.21. The number of benzene rings is 3. The predicted molar refractivity (Wildman–Crippen MR) is 208 cm³/mol. The zero-order valence-electron chi connectivity index (χ0n) is 29.9. The van der Waals surface area contributed by atoms with Crippen molar-refractivity contribution in [3.05, 3.63) is 102 Å². The van der Waals surface area contributed by atoms with Gasteiger partial charge in [0.25, 0.3) is 0 Å². The summed E-state index contributed by atoms with van der Waals surface area (Å²) in [7, 11) is 0.